The molecular weight excluding hydrogens is 355 g/mol. The lowest BCUT2D eigenvalue weighted by Crippen LogP contribution is -2.37. The molecule has 0 radical (unpaired) electrons. The third-order valence-electron chi connectivity index (χ3n) is 4.08. The topological polar surface area (TPSA) is 54.2 Å². The number of alkyl halides is 3. The van der Waals surface area contributed by atoms with Crippen molar-refractivity contribution in [2.75, 3.05) is 13.6 Å². The van der Waals surface area contributed by atoms with E-state index in [1.807, 2.05) is 25.6 Å². The molecule has 1 heterocycles. The summed E-state index contributed by atoms with van der Waals surface area (Å²) in [5.74, 6) is 6.08. The van der Waals surface area contributed by atoms with Gasteiger partial charge in [0, 0.05) is 37.5 Å². The summed E-state index contributed by atoms with van der Waals surface area (Å²) in [6, 6.07) is 4.95. The summed E-state index contributed by atoms with van der Waals surface area (Å²) in [5, 5.41) is 10.6. The van der Waals surface area contributed by atoms with Gasteiger partial charge >= 0.3 is 6.18 Å². The molecule has 1 aromatic carbocycles. The van der Waals surface area contributed by atoms with E-state index in [2.05, 4.69) is 32.6 Å². The lowest BCUT2D eigenvalue weighted by molar-refractivity contribution is -0.137. The van der Waals surface area contributed by atoms with Gasteiger partial charge < -0.3 is 10.6 Å². The summed E-state index contributed by atoms with van der Waals surface area (Å²) in [7, 11) is 3.53. The first-order chi connectivity index (χ1) is 12.7. The van der Waals surface area contributed by atoms with Gasteiger partial charge in [0.25, 0.3) is 0 Å². The van der Waals surface area contributed by atoms with Gasteiger partial charge in [-0.15, -0.1) is 0 Å². The Kier molecular flexibility index (Phi) is 6.50. The van der Waals surface area contributed by atoms with Crippen molar-refractivity contribution in [1.82, 2.24) is 20.4 Å². The van der Waals surface area contributed by atoms with Gasteiger partial charge in [-0.1, -0.05) is 17.9 Å². The van der Waals surface area contributed by atoms with Crippen molar-refractivity contribution >= 4 is 5.96 Å². The van der Waals surface area contributed by atoms with E-state index in [9.17, 15) is 13.2 Å². The first-order valence-corrected chi connectivity index (χ1v) is 8.32. The molecule has 8 heteroatoms. The van der Waals surface area contributed by atoms with Crippen LogP contribution in [0.2, 0.25) is 0 Å². The van der Waals surface area contributed by atoms with Crippen molar-refractivity contribution in [2.24, 2.45) is 12.0 Å². The number of aliphatic imine (C=N–C) groups is 1. The quantitative estimate of drug-likeness (QED) is 0.491. The third-order valence-corrected chi connectivity index (χ3v) is 4.08. The van der Waals surface area contributed by atoms with E-state index >= 15 is 0 Å². The van der Waals surface area contributed by atoms with Gasteiger partial charge in [-0.25, -0.2) is 0 Å². The number of hydrogen-bond donors (Lipinski definition) is 2. The Bertz CT molecular complexity index is 885. The number of halogens is 3. The van der Waals surface area contributed by atoms with Crippen molar-refractivity contribution in [3.8, 4) is 11.8 Å². The van der Waals surface area contributed by atoms with Crippen molar-refractivity contribution in [3.05, 3.63) is 52.3 Å². The molecular formula is C19H22F3N5. The number of nitrogens with zero attached hydrogens (tertiary/aromatic N) is 3. The zero-order valence-electron chi connectivity index (χ0n) is 15.7. The van der Waals surface area contributed by atoms with Crippen LogP contribution in [0.15, 0.2) is 29.3 Å². The monoisotopic (exact) mass is 377 g/mol. The van der Waals surface area contributed by atoms with Gasteiger partial charge in [0.05, 0.1) is 17.8 Å². The second kappa shape index (κ2) is 8.62. The van der Waals surface area contributed by atoms with E-state index in [0.29, 0.717) is 18.1 Å². The molecule has 2 N–H and O–H groups in total. The molecule has 2 aromatic rings. The van der Waals surface area contributed by atoms with E-state index < -0.39 is 11.7 Å². The van der Waals surface area contributed by atoms with Crippen LogP contribution in [-0.2, 0) is 19.8 Å². The average molecular weight is 377 g/mol. The molecule has 0 unspecified atom stereocenters. The van der Waals surface area contributed by atoms with E-state index in [0.717, 1.165) is 29.1 Å². The smallest absolute Gasteiger partial charge is 0.352 e. The fraction of sp³-hybridized carbons (Fsp3) is 0.368. The highest BCUT2D eigenvalue weighted by Gasteiger charge is 2.30. The molecule has 2 rings (SSSR count). The SMILES string of the molecule is CN=C(NCC#Cc1cccc(C(F)(F)F)c1)NCc1c(C)nn(C)c1C. The Hall–Kier alpha value is -2.95. The highest BCUT2D eigenvalue weighted by Crippen LogP contribution is 2.29. The van der Waals surface area contributed by atoms with Crippen molar-refractivity contribution < 1.29 is 13.2 Å². The lowest BCUT2D eigenvalue weighted by atomic mass is 10.1. The van der Waals surface area contributed by atoms with Crippen molar-refractivity contribution in [2.45, 2.75) is 26.6 Å². The largest absolute Gasteiger partial charge is 0.416 e. The molecule has 0 amide bonds. The number of benzene rings is 1. The Morgan fingerprint density at radius 1 is 1.26 bits per heavy atom. The van der Waals surface area contributed by atoms with Crippen LogP contribution in [0.3, 0.4) is 0 Å². The molecule has 27 heavy (non-hydrogen) atoms. The first-order valence-electron chi connectivity index (χ1n) is 8.32. The van der Waals surface area contributed by atoms with Crippen LogP contribution in [0, 0.1) is 25.7 Å². The first kappa shape index (κ1) is 20.4. The standard InChI is InChI=1S/C19H22F3N5/c1-13-17(14(2)27(4)26-13)12-25-18(23-3)24-10-6-8-15-7-5-9-16(11-15)19(20,21)22/h5,7,9,11H,10,12H2,1-4H3,(H2,23,24,25). The normalized spacial score (nSPS) is 11.7. The minimum absolute atomic E-state index is 0.251. The Morgan fingerprint density at radius 3 is 2.59 bits per heavy atom. The molecule has 5 nitrogen and oxygen atoms in total. The highest BCUT2D eigenvalue weighted by atomic mass is 19.4. The zero-order chi connectivity index (χ0) is 20.0. The Balaban J connectivity index is 1.92. The summed E-state index contributed by atoms with van der Waals surface area (Å²) < 4.78 is 39.9. The number of aromatic nitrogens is 2. The molecule has 0 bridgehead atoms. The molecule has 0 atom stereocenters. The molecule has 144 valence electrons. The number of aryl methyl sites for hydroxylation is 2. The van der Waals surface area contributed by atoms with E-state index in [-0.39, 0.29) is 6.54 Å². The lowest BCUT2D eigenvalue weighted by Gasteiger charge is -2.10. The van der Waals surface area contributed by atoms with Crippen LogP contribution in [0.5, 0.6) is 0 Å². The fourth-order valence-corrected chi connectivity index (χ4v) is 2.51. The fourth-order valence-electron chi connectivity index (χ4n) is 2.51. The number of guanidine groups is 1. The maximum absolute atomic E-state index is 12.7. The van der Waals surface area contributed by atoms with E-state index in [4.69, 9.17) is 0 Å². The van der Waals surface area contributed by atoms with Gasteiger partial charge in [0.15, 0.2) is 5.96 Å². The zero-order valence-corrected chi connectivity index (χ0v) is 15.7. The van der Waals surface area contributed by atoms with Crippen molar-refractivity contribution in [1.29, 1.82) is 0 Å². The Morgan fingerprint density at radius 2 is 2.00 bits per heavy atom. The predicted molar refractivity (Wildman–Crippen MR) is 99.2 cm³/mol. The minimum Gasteiger partial charge on any atom is -0.352 e. The van der Waals surface area contributed by atoms with Crippen LogP contribution in [-0.4, -0.2) is 29.3 Å². The number of hydrogen-bond acceptors (Lipinski definition) is 2. The second-order valence-electron chi connectivity index (χ2n) is 5.93. The molecule has 0 fully saturated rings. The summed E-state index contributed by atoms with van der Waals surface area (Å²) in [6.07, 6.45) is -4.37. The number of nitrogens with one attached hydrogen (secondary N) is 2. The number of rotatable bonds is 3. The van der Waals surface area contributed by atoms with Crippen LogP contribution in [0.4, 0.5) is 13.2 Å². The van der Waals surface area contributed by atoms with Crippen LogP contribution in [0.25, 0.3) is 0 Å². The van der Waals surface area contributed by atoms with Crippen LogP contribution < -0.4 is 10.6 Å². The molecule has 0 aliphatic heterocycles. The second-order valence-corrected chi connectivity index (χ2v) is 5.93. The van der Waals surface area contributed by atoms with Gasteiger partial charge in [-0.2, -0.15) is 18.3 Å². The minimum atomic E-state index is -4.37. The maximum Gasteiger partial charge on any atom is 0.416 e. The maximum atomic E-state index is 12.7. The van der Waals surface area contributed by atoms with Gasteiger partial charge in [-0.05, 0) is 32.0 Å². The van der Waals surface area contributed by atoms with Gasteiger partial charge in [0.1, 0.15) is 0 Å². The summed E-state index contributed by atoms with van der Waals surface area (Å²) in [5.41, 5.74) is 2.72. The molecule has 0 aliphatic carbocycles. The van der Waals surface area contributed by atoms with Crippen LogP contribution in [0.1, 0.15) is 28.1 Å². The summed E-state index contributed by atoms with van der Waals surface area (Å²) >= 11 is 0. The summed E-state index contributed by atoms with van der Waals surface area (Å²) in [6.45, 7) is 4.75. The van der Waals surface area contributed by atoms with Gasteiger partial charge in [0.2, 0.25) is 0 Å². The summed E-state index contributed by atoms with van der Waals surface area (Å²) in [4.78, 5) is 4.11. The molecule has 0 saturated heterocycles. The molecule has 1 aromatic heterocycles. The molecule has 0 aliphatic rings. The van der Waals surface area contributed by atoms with E-state index in [1.165, 1.54) is 6.07 Å². The molecule has 0 saturated carbocycles. The van der Waals surface area contributed by atoms with Crippen LogP contribution >= 0.6 is 0 Å². The average Bonchev–Trinajstić information content (AvgIpc) is 2.86. The Labute approximate surface area is 156 Å². The third kappa shape index (κ3) is 5.51. The van der Waals surface area contributed by atoms with E-state index in [1.54, 1.807) is 13.1 Å². The van der Waals surface area contributed by atoms with Crippen molar-refractivity contribution in [3.63, 3.8) is 0 Å². The molecule has 0 spiro atoms. The van der Waals surface area contributed by atoms with Gasteiger partial charge in [-0.3, -0.25) is 9.67 Å². The highest BCUT2D eigenvalue weighted by molar-refractivity contribution is 5.79. The predicted octanol–water partition coefficient (Wildman–Crippen LogP) is 2.77.